The second-order valence-corrected chi connectivity index (χ2v) is 4.50. The molecule has 0 saturated carbocycles. The first-order valence-electron chi connectivity index (χ1n) is 6.41. The smallest absolute Gasteiger partial charge is 0.347 e. The molecule has 0 radical (unpaired) electrons. The summed E-state index contributed by atoms with van der Waals surface area (Å²) in [6.45, 7) is 5.52. The van der Waals surface area contributed by atoms with E-state index < -0.39 is 17.5 Å². The third-order valence-electron chi connectivity index (χ3n) is 2.77. The summed E-state index contributed by atoms with van der Waals surface area (Å²) in [4.78, 5) is 22.8. The number of esters is 1. The van der Waals surface area contributed by atoms with Gasteiger partial charge >= 0.3 is 11.9 Å². The van der Waals surface area contributed by atoms with Crippen LogP contribution < -0.4 is 5.32 Å². The van der Waals surface area contributed by atoms with E-state index in [0.717, 1.165) is 11.8 Å². The highest BCUT2D eigenvalue weighted by Crippen LogP contribution is 2.10. The molecule has 1 atom stereocenters. The first-order valence-corrected chi connectivity index (χ1v) is 6.41. The summed E-state index contributed by atoms with van der Waals surface area (Å²) < 4.78 is 5.00. The summed E-state index contributed by atoms with van der Waals surface area (Å²) in [5, 5.41) is 11.8. The van der Waals surface area contributed by atoms with Crippen molar-refractivity contribution in [2.75, 3.05) is 5.32 Å². The second-order valence-electron chi connectivity index (χ2n) is 4.50. The Hall–Kier alpha value is -2.30. The highest BCUT2D eigenvalue weighted by molar-refractivity contribution is 6.13. The molecule has 0 bridgehead atoms. The Kier molecular flexibility index (Phi) is 5.77. The number of aryl methyl sites for hydroxylation is 1. The normalized spacial score (nSPS) is 12.7. The molecule has 0 aliphatic carbocycles. The number of ether oxygens (including phenoxy) is 1. The number of benzene rings is 1. The molecule has 108 valence electrons. The van der Waals surface area contributed by atoms with Gasteiger partial charge in [0, 0.05) is 11.9 Å². The molecule has 1 aromatic carbocycles. The summed E-state index contributed by atoms with van der Waals surface area (Å²) in [7, 11) is 0. The number of carboxylic acids is 1. The molecule has 20 heavy (non-hydrogen) atoms. The Morgan fingerprint density at radius 1 is 1.35 bits per heavy atom. The van der Waals surface area contributed by atoms with Crippen LogP contribution in [0.2, 0.25) is 0 Å². The maximum Gasteiger partial charge on any atom is 0.347 e. The largest absolute Gasteiger partial charge is 0.477 e. The number of hydrogen-bond acceptors (Lipinski definition) is 4. The van der Waals surface area contributed by atoms with Gasteiger partial charge in [0.15, 0.2) is 5.57 Å². The Labute approximate surface area is 118 Å². The predicted molar refractivity (Wildman–Crippen MR) is 76.4 cm³/mol. The molecule has 0 fully saturated rings. The monoisotopic (exact) mass is 277 g/mol. The third kappa shape index (κ3) is 4.76. The number of nitrogens with one attached hydrogen (secondary N) is 1. The molecule has 0 aliphatic rings. The lowest BCUT2D eigenvalue weighted by atomic mass is 10.2. The van der Waals surface area contributed by atoms with E-state index in [1.54, 1.807) is 19.1 Å². The van der Waals surface area contributed by atoms with E-state index in [2.05, 4.69) is 5.32 Å². The van der Waals surface area contributed by atoms with Gasteiger partial charge in [0.2, 0.25) is 0 Å². The highest BCUT2D eigenvalue weighted by Gasteiger charge is 2.20. The van der Waals surface area contributed by atoms with Crippen molar-refractivity contribution in [1.29, 1.82) is 0 Å². The number of aliphatic carboxylic acids is 1. The van der Waals surface area contributed by atoms with Crippen molar-refractivity contribution in [2.24, 2.45) is 0 Å². The van der Waals surface area contributed by atoms with Gasteiger partial charge in [-0.05, 0) is 32.4 Å². The lowest BCUT2D eigenvalue weighted by Gasteiger charge is -2.11. The van der Waals surface area contributed by atoms with E-state index in [9.17, 15) is 9.59 Å². The van der Waals surface area contributed by atoms with Crippen molar-refractivity contribution in [3.05, 3.63) is 41.6 Å². The quantitative estimate of drug-likeness (QED) is 0.362. The summed E-state index contributed by atoms with van der Waals surface area (Å²) in [5.74, 6) is -2.16. The topological polar surface area (TPSA) is 75.6 Å². The van der Waals surface area contributed by atoms with Gasteiger partial charge < -0.3 is 15.2 Å². The maximum absolute atomic E-state index is 11.7. The van der Waals surface area contributed by atoms with Crippen LogP contribution in [-0.2, 0) is 14.3 Å². The van der Waals surface area contributed by atoms with Crippen molar-refractivity contribution in [3.8, 4) is 0 Å². The average molecular weight is 277 g/mol. The lowest BCUT2D eigenvalue weighted by molar-refractivity contribution is -0.147. The van der Waals surface area contributed by atoms with E-state index in [1.807, 2.05) is 26.0 Å². The number of carboxylic acid groups (broad SMARTS) is 1. The molecule has 0 aromatic heterocycles. The van der Waals surface area contributed by atoms with Crippen molar-refractivity contribution in [1.82, 2.24) is 0 Å². The zero-order valence-electron chi connectivity index (χ0n) is 11.8. The van der Waals surface area contributed by atoms with Gasteiger partial charge in [0.05, 0.1) is 6.10 Å². The van der Waals surface area contributed by atoms with Crippen LogP contribution in [0.25, 0.3) is 0 Å². The van der Waals surface area contributed by atoms with Crippen molar-refractivity contribution in [3.63, 3.8) is 0 Å². The van der Waals surface area contributed by atoms with Gasteiger partial charge in [-0.2, -0.15) is 0 Å². The maximum atomic E-state index is 11.7. The number of rotatable bonds is 6. The molecular formula is C15H19NO4. The SMILES string of the molecule is CCC(C)OC(=O)C(=CNc1ccc(C)cc1)C(=O)O. The fourth-order valence-corrected chi connectivity index (χ4v) is 1.34. The minimum atomic E-state index is -1.32. The molecular weight excluding hydrogens is 258 g/mol. The Morgan fingerprint density at radius 3 is 2.45 bits per heavy atom. The van der Waals surface area contributed by atoms with Crippen molar-refractivity contribution < 1.29 is 19.4 Å². The first-order chi connectivity index (χ1) is 9.43. The van der Waals surface area contributed by atoms with Crippen LogP contribution in [-0.4, -0.2) is 23.1 Å². The summed E-state index contributed by atoms with van der Waals surface area (Å²) >= 11 is 0. The molecule has 5 nitrogen and oxygen atoms in total. The number of anilines is 1. The Morgan fingerprint density at radius 2 is 1.95 bits per heavy atom. The summed E-state index contributed by atoms with van der Waals surface area (Å²) in [5.41, 5.74) is 1.37. The van der Waals surface area contributed by atoms with E-state index >= 15 is 0 Å². The average Bonchev–Trinajstić information content (AvgIpc) is 2.40. The molecule has 0 aliphatic heterocycles. The van der Waals surface area contributed by atoms with Crippen molar-refractivity contribution in [2.45, 2.75) is 33.3 Å². The molecule has 1 unspecified atom stereocenters. The van der Waals surface area contributed by atoms with Gasteiger partial charge in [-0.3, -0.25) is 0 Å². The van der Waals surface area contributed by atoms with E-state index in [0.29, 0.717) is 12.1 Å². The second kappa shape index (κ2) is 7.33. The van der Waals surface area contributed by atoms with Gasteiger partial charge in [0.1, 0.15) is 0 Å². The van der Waals surface area contributed by atoms with Gasteiger partial charge in [-0.1, -0.05) is 24.6 Å². The van der Waals surface area contributed by atoms with Gasteiger partial charge in [0.25, 0.3) is 0 Å². The molecule has 1 rings (SSSR count). The van der Waals surface area contributed by atoms with Crippen LogP contribution in [0.1, 0.15) is 25.8 Å². The zero-order chi connectivity index (χ0) is 15.1. The fraction of sp³-hybridized carbons (Fsp3) is 0.333. The van der Waals surface area contributed by atoms with Crippen LogP contribution in [0.3, 0.4) is 0 Å². The van der Waals surface area contributed by atoms with Crippen LogP contribution >= 0.6 is 0 Å². The fourth-order valence-electron chi connectivity index (χ4n) is 1.34. The van der Waals surface area contributed by atoms with E-state index in [-0.39, 0.29) is 6.10 Å². The van der Waals surface area contributed by atoms with Crippen LogP contribution in [0, 0.1) is 6.92 Å². The molecule has 0 saturated heterocycles. The van der Waals surface area contributed by atoms with Crippen LogP contribution in [0.15, 0.2) is 36.0 Å². The molecule has 0 heterocycles. The zero-order valence-corrected chi connectivity index (χ0v) is 11.8. The Balaban J connectivity index is 2.80. The molecule has 0 spiro atoms. The van der Waals surface area contributed by atoms with E-state index in [4.69, 9.17) is 9.84 Å². The van der Waals surface area contributed by atoms with E-state index in [1.165, 1.54) is 0 Å². The molecule has 0 amide bonds. The predicted octanol–water partition coefficient (Wildman–Crippen LogP) is 2.72. The number of hydrogen-bond donors (Lipinski definition) is 2. The standard InChI is InChI=1S/C15H19NO4/c1-4-11(3)20-15(19)13(14(17)18)9-16-12-7-5-10(2)6-8-12/h5-9,11,16H,4H2,1-3H3,(H,17,18). The number of carbonyl (C=O) groups excluding carboxylic acids is 1. The molecule has 5 heteroatoms. The summed E-state index contributed by atoms with van der Waals surface area (Å²) in [6.07, 6.45) is 1.46. The minimum absolute atomic E-state index is 0.315. The van der Waals surface area contributed by atoms with Crippen LogP contribution in [0.4, 0.5) is 5.69 Å². The van der Waals surface area contributed by atoms with Gasteiger partial charge in [-0.25, -0.2) is 9.59 Å². The lowest BCUT2D eigenvalue weighted by Crippen LogP contribution is -2.21. The third-order valence-corrected chi connectivity index (χ3v) is 2.77. The first kappa shape index (κ1) is 15.8. The molecule has 1 aromatic rings. The molecule has 2 N–H and O–H groups in total. The van der Waals surface area contributed by atoms with Gasteiger partial charge in [-0.15, -0.1) is 0 Å². The highest BCUT2D eigenvalue weighted by atomic mass is 16.5. The summed E-state index contributed by atoms with van der Waals surface area (Å²) in [6, 6.07) is 7.36. The number of carbonyl (C=O) groups is 2. The minimum Gasteiger partial charge on any atom is -0.477 e. The van der Waals surface area contributed by atoms with Crippen LogP contribution in [0.5, 0.6) is 0 Å². The Bertz CT molecular complexity index is 505. The van der Waals surface area contributed by atoms with Crippen molar-refractivity contribution >= 4 is 17.6 Å².